The predicted molar refractivity (Wildman–Crippen MR) is 78.2 cm³/mol. The number of halogens is 3. The molecule has 0 saturated carbocycles. The summed E-state index contributed by atoms with van der Waals surface area (Å²) in [6.45, 7) is 4.41. The summed E-state index contributed by atoms with van der Waals surface area (Å²) in [5, 5.41) is 2.89. The molecule has 0 radical (unpaired) electrons. The first-order chi connectivity index (χ1) is 9.79. The second-order valence-corrected chi connectivity index (χ2v) is 5.91. The van der Waals surface area contributed by atoms with Gasteiger partial charge in [0, 0.05) is 9.75 Å². The van der Waals surface area contributed by atoms with Gasteiger partial charge in [0.2, 0.25) is 0 Å². The topological polar surface area (TPSA) is 63.0 Å². The number of aromatic nitrogens is 1. The third kappa shape index (κ3) is 3.85. The second-order valence-electron chi connectivity index (χ2n) is 4.57. The highest BCUT2D eigenvalue weighted by molar-refractivity contribution is 7.12. The number of hydrazine groups is 1. The summed E-state index contributed by atoms with van der Waals surface area (Å²) in [5.41, 5.74) is 2.51. The van der Waals surface area contributed by atoms with Crippen molar-refractivity contribution in [3.05, 3.63) is 39.1 Å². The lowest BCUT2D eigenvalue weighted by molar-refractivity contribution is -0.137. The van der Waals surface area contributed by atoms with Gasteiger partial charge in [0.05, 0.1) is 12.1 Å². The number of nitrogens with zero attached hydrogens (tertiary/aromatic N) is 1. The van der Waals surface area contributed by atoms with Crippen molar-refractivity contribution < 1.29 is 13.2 Å². The van der Waals surface area contributed by atoms with Crippen molar-refractivity contribution in [3.8, 4) is 0 Å². The van der Waals surface area contributed by atoms with Crippen molar-refractivity contribution in [1.29, 1.82) is 0 Å². The number of alkyl halides is 3. The Bertz CT molecular complexity index is 617. The molecule has 4 nitrogen and oxygen atoms in total. The molecule has 0 fully saturated rings. The van der Waals surface area contributed by atoms with E-state index < -0.39 is 11.7 Å². The molecule has 2 aromatic heterocycles. The maximum atomic E-state index is 12.8. The van der Waals surface area contributed by atoms with Crippen LogP contribution in [0, 0.1) is 13.8 Å². The van der Waals surface area contributed by atoms with E-state index >= 15 is 0 Å². The molecule has 0 spiro atoms. The van der Waals surface area contributed by atoms with E-state index in [2.05, 4.69) is 15.7 Å². The van der Waals surface area contributed by atoms with Gasteiger partial charge in [-0.3, -0.25) is 0 Å². The number of aryl methyl sites for hydroxylation is 2. The minimum atomic E-state index is -4.44. The molecule has 2 rings (SSSR count). The van der Waals surface area contributed by atoms with Gasteiger partial charge in [0.15, 0.2) is 0 Å². The molecule has 0 aliphatic heterocycles. The van der Waals surface area contributed by atoms with Crippen LogP contribution in [0.1, 0.15) is 20.9 Å². The van der Waals surface area contributed by atoms with Crippen LogP contribution in [0.2, 0.25) is 0 Å². The van der Waals surface area contributed by atoms with E-state index in [1.165, 1.54) is 4.88 Å². The lowest BCUT2D eigenvalue weighted by Gasteiger charge is -2.12. The molecule has 0 saturated heterocycles. The van der Waals surface area contributed by atoms with Crippen molar-refractivity contribution in [3.63, 3.8) is 0 Å². The van der Waals surface area contributed by atoms with Crippen molar-refractivity contribution in [2.45, 2.75) is 26.6 Å². The average Bonchev–Trinajstić information content (AvgIpc) is 2.74. The third-order valence-electron chi connectivity index (χ3n) is 2.96. The smallest absolute Gasteiger partial charge is 0.365 e. The molecule has 21 heavy (non-hydrogen) atoms. The summed E-state index contributed by atoms with van der Waals surface area (Å²) >= 11 is 1.60. The van der Waals surface area contributed by atoms with Crippen molar-refractivity contribution in [1.82, 2.24) is 4.98 Å². The van der Waals surface area contributed by atoms with Gasteiger partial charge < -0.3 is 10.7 Å². The summed E-state index contributed by atoms with van der Waals surface area (Å²) in [4.78, 5) is 6.19. The number of pyridine rings is 1. The molecule has 2 aromatic rings. The number of hydrogen-bond acceptors (Lipinski definition) is 5. The molecule has 114 valence electrons. The van der Waals surface area contributed by atoms with Gasteiger partial charge in [-0.25, -0.2) is 10.8 Å². The van der Waals surface area contributed by atoms with Crippen molar-refractivity contribution in [2.24, 2.45) is 5.84 Å². The minimum Gasteiger partial charge on any atom is -0.365 e. The first-order valence-electron chi connectivity index (χ1n) is 6.15. The van der Waals surface area contributed by atoms with Crippen LogP contribution in [-0.4, -0.2) is 4.98 Å². The SMILES string of the molecule is Cc1cc(CNc2cc(C(F)(F)F)cc(NN)n2)sc1C. The molecule has 0 aliphatic carbocycles. The van der Waals surface area contributed by atoms with Crippen LogP contribution in [-0.2, 0) is 12.7 Å². The number of anilines is 2. The quantitative estimate of drug-likeness (QED) is 0.595. The number of nitrogens with one attached hydrogen (secondary N) is 2. The maximum absolute atomic E-state index is 12.8. The Morgan fingerprint density at radius 2 is 1.86 bits per heavy atom. The fraction of sp³-hybridized carbons (Fsp3) is 0.308. The van der Waals surface area contributed by atoms with Gasteiger partial charge in [-0.1, -0.05) is 0 Å². The Labute approximate surface area is 124 Å². The molecule has 8 heteroatoms. The summed E-state index contributed by atoms with van der Waals surface area (Å²) in [6.07, 6.45) is -4.44. The fourth-order valence-corrected chi connectivity index (χ4v) is 2.77. The van der Waals surface area contributed by atoms with E-state index in [9.17, 15) is 13.2 Å². The number of nitrogen functional groups attached to an aromatic ring is 1. The first-order valence-corrected chi connectivity index (χ1v) is 6.97. The van der Waals surface area contributed by atoms with E-state index in [1.807, 2.05) is 19.9 Å². The highest BCUT2D eigenvalue weighted by Crippen LogP contribution is 2.32. The second kappa shape index (κ2) is 5.90. The monoisotopic (exact) mass is 316 g/mol. The minimum absolute atomic E-state index is 0.0362. The van der Waals surface area contributed by atoms with E-state index in [0.29, 0.717) is 6.54 Å². The van der Waals surface area contributed by atoms with Crippen LogP contribution in [0.4, 0.5) is 24.8 Å². The van der Waals surface area contributed by atoms with Crippen LogP contribution in [0.3, 0.4) is 0 Å². The highest BCUT2D eigenvalue weighted by atomic mass is 32.1. The maximum Gasteiger partial charge on any atom is 0.416 e. The predicted octanol–water partition coefficient (Wildman–Crippen LogP) is 3.68. The normalized spacial score (nSPS) is 11.5. The number of thiophene rings is 1. The number of hydrogen-bond donors (Lipinski definition) is 3. The molecule has 4 N–H and O–H groups in total. The first kappa shape index (κ1) is 15.6. The summed E-state index contributed by atoms with van der Waals surface area (Å²) < 4.78 is 38.3. The van der Waals surface area contributed by atoms with Crippen LogP contribution in [0.25, 0.3) is 0 Å². The van der Waals surface area contributed by atoms with Gasteiger partial charge in [-0.05, 0) is 37.6 Å². The zero-order valence-electron chi connectivity index (χ0n) is 11.5. The van der Waals surface area contributed by atoms with Crippen molar-refractivity contribution >= 4 is 23.0 Å². The van der Waals surface area contributed by atoms with E-state index in [0.717, 1.165) is 22.6 Å². The molecular weight excluding hydrogens is 301 g/mol. The van der Waals surface area contributed by atoms with Gasteiger partial charge in [0.1, 0.15) is 11.6 Å². The molecule has 0 unspecified atom stereocenters. The molecular formula is C13H15F3N4S. The largest absolute Gasteiger partial charge is 0.416 e. The Morgan fingerprint density at radius 1 is 1.19 bits per heavy atom. The Morgan fingerprint density at radius 3 is 2.38 bits per heavy atom. The summed E-state index contributed by atoms with van der Waals surface area (Å²) in [6, 6.07) is 3.83. The van der Waals surface area contributed by atoms with Crippen molar-refractivity contribution in [2.75, 3.05) is 10.7 Å². The molecule has 2 heterocycles. The lowest BCUT2D eigenvalue weighted by Crippen LogP contribution is -2.13. The zero-order chi connectivity index (χ0) is 15.6. The van der Waals surface area contributed by atoms with E-state index in [1.54, 1.807) is 11.3 Å². The Hall–Kier alpha value is -1.80. The van der Waals surface area contributed by atoms with Crippen LogP contribution < -0.4 is 16.6 Å². The molecule has 0 amide bonds. The van der Waals surface area contributed by atoms with Crippen LogP contribution in [0.15, 0.2) is 18.2 Å². The Kier molecular flexibility index (Phi) is 4.38. The van der Waals surface area contributed by atoms with Gasteiger partial charge in [0.25, 0.3) is 0 Å². The lowest BCUT2D eigenvalue weighted by atomic mass is 10.2. The molecule has 0 bridgehead atoms. The third-order valence-corrected chi connectivity index (χ3v) is 4.11. The molecule has 0 atom stereocenters. The summed E-state index contributed by atoms with van der Waals surface area (Å²) in [5.74, 6) is 5.25. The van der Waals surface area contributed by atoms with Gasteiger partial charge in [-0.2, -0.15) is 13.2 Å². The summed E-state index contributed by atoms with van der Waals surface area (Å²) in [7, 11) is 0. The highest BCUT2D eigenvalue weighted by Gasteiger charge is 2.31. The average molecular weight is 316 g/mol. The van der Waals surface area contributed by atoms with E-state index in [-0.39, 0.29) is 11.6 Å². The van der Waals surface area contributed by atoms with Crippen LogP contribution >= 0.6 is 11.3 Å². The van der Waals surface area contributed by atoms with E-state index in [4.69, 9.17) is 5.84 Å². The number of nitrogens with two attached hydrogens (primary N) is 1. The zero-order valence-corrected chi connectivity index (χ0v) is 12.3. The van der Waals surface area contributed by atoms with Crippen LogP contribution in [0.5, 0.6) is 0 Å². The van der Waals surface area contributed by atoms with Gasteiger partial charge in [-0.15, -0.1) is 11.3 Å². The molecule has 0 aromatic carbocycles. The standard InChI is InChI=1S/C13H15F3N4S/c1-7-3-10(21-8(7)2)6-18-11-4-9(13(14,15)16)5-12(19-11)20-17/h3-5H,6,17H2,1-2H3,(H2,18,19,20). The van der Waals surface area contributed by atoms with Gasteiger partial charge >= 0.3 is 6.18 Å². The Balaban J connectivity index is 2.19. The molecule has 0 aliphatic rings. The number of rotatable bonds is 4. The fourth-order valence-electron chi connectivity index (χ4n) is 1.77.